The maximum absolute atomic E-state index is 12.7. The molecule has 0 aliphatic carbocycles. The van der Waals surface area contributed by atoms with Gasteiger partial charge in [-0.15, -0.1) is 0 Å². The van der Waals surface area contributed by atoms with E-state index in [2.05, 4.69) is 14.8 Å². The van der Waals surface area contributed by atoms with Gasteiger partial charge in [0.15, 0.2) is 0 Å². The zero-order chi connectivity index (χ0) is 22.1. The maximum atomic E-state index is 12.7. The second-order valence-corrected chi connectivity index (χ2v) is 6.33. The molecule has 0 aliphatic rings. The first-order chi connectivity index (χ1) is 14.4. The van der Waals surface area contributed by atoms with Crippen LogP contribution in [-0.4, -0.2) is 51.2 Å². The highest BCUT2D eigenvalue weighted by atomic mass is 16.5. The van der Waals surface area contributed by atoms with Crippen molar-refractivity contribution in [3.05, 3.63) is 60.2 Å². The molecule has 8 heteroatoms. The molecule has 0 spiro atoms. The summed E-state index contributed by atoms with van der Waals surface area (Å²) in [5.74, 6) is -4.38. The molecule has 2 aromatic rings. The van der Waals surface area contributed by atoms with Crippen LogP contribution in [0.1, 0.15) is 16.8 Å². The van der Waals surface area contributed by atoms with Gasteiger partial charge in [0.25, 0.3) is 5.91 Å². The van der Waals surface area contributed by atoms with Gasteiger partial charge >= 0.3 is 17.9 Å². The second-order valence-electron chi connectivity index (χ2n) is 6.33. The number of nitrogens with one attached hydrogen (secondary N) is 1. The van der Waals surface area contributed by atoms with E-state index in [1.165, 1.54) is 0 Å². The summed E-state index contributed by atoms with van der Waals surface area (Å²) >= 11 is 0. The third-order valence-corrected chi connectivity index (χ3v) is 4.52. The molecule has 0 radical (unpaired) electrons. The summed E-state index contributed by atoms with van der Waals surface area (Å²) in [6.45, 7) is 0. The molecule has 2 atom stereocenters. The highest BCUT2D eigenvalue weighted by Crippen LogP contribution is 2.20. The third kappa shape index (κ3) is 5.66. The first-order valence-electron chi connectivity index (χ1n) is 9.10. The van der Waals surface area contributed by atoms with Gasteiger partial charge in [-0.1, -0.05) is 42.5 Å². The smallest absolute Gasteiger partial charge is 0.329 e. The fourth-order valence-corrected chi connectivity index (χ4v) is 2.87. The van der Waals surface area contributed by atoms with E-state index in [0.717, 1.165) is 32.5 Å². The molecule has 0 unspecified atom stereocenters. The number of hydrogen-bond donors (Lipinski definition) is 1. The lowest BCUT2D eigenvalue weighted by molar-refractivity contribution is -0.158. The van der Waals surface area contributed by atoms with Gasteiger partial charge in [-0.25, -0.2) is 4.79 Å². The number of ether oxygens (including phenoxy) is 3. The molecule has 0 heterocycles. The number of carbonyl (C=O) groups is 4. The fourth-order valence-electron chi connectivity index (χ4n) is 2.87. The van der Waals surface area contributed by atoms with Crippen LogP contribution in [0.4, 0.5) is 0 Å². The standard InChI is InChI=1S/C22H23NO7/c1-28-18(24)13-17(21(26)29-2)19(22(27)30-3)23-20(25)16-11-9-15(10-12-16)14-7-5-4-6-8-14/h4-12,17,19H,13H2,1-3H3,(H,23,25)/t17-,19+/m1/s1. The molecule has 0 saturated heterocycles. The molecular formula is C22H23NO7. The van der Waals surface area contributed by atoms with E-state index in [0.29, 0.717) is 0 Å². The minimum Gasteiger partial charge on any atom is -0.469 e. The van der Waals surface area contributed by atoms with Crippen molar-refractivity contribution >= 4 is 23.8 Å². The monoisotopic (exact) mass is 413 g/mol. The van der Waals surface area contributed by atoms with Gasteiger partial charge in [-0.05, 0) is 23.3 Å². The third-order valence-electron chi connectivity index (χ3n) is 4.52. The zero-order valence-electron chi connectivity index (χ0n) is 16.9. The van der Waals surface area contributed by atoms with E-state index >= 15 is 0 Å². The van der Waals surface area contributed by atoms with Crippen LogP contribution in [0.5, 0.6) is 0 Å². The summed E-state index contributed by atoms with van der Waals surface area (Å²) in [5.41, 5.74) is 2.17. The Bertz CT molecular complexity index is 893. The Balaban J connectivity index is 2.24. The zero-order valence-corrected chi connectivity index (χ0v) is 16.9. The van der Waals surface area contributed by atoms with Crippen LogP contribution in [0.2, 0.25) is 0 Å². The van der Waals surface area contributed by atoms with Crippen molar-refractivity contribution in [1.29, 1.82) is 0 Å². The lowest BCUT2D eigenvalue weighted by atomic mass is 9.95. The largest absolute Gasteiger partial charge is 0.469 e. The Hall–Kier alpha value is -3.68. The van der Waals surface area contributed by atoms with Gasteiger partial charge in [-0.2, -0.15) is 0 Å². The average molecular weight is 413 g/mol. The quantitative estimate of drug-likeness (QED) is 0.521. The molecule has 0 aliphatic heterocycles. The second kappa shape index (κ2) is 10.8. The summed E-state index contributed by atoms with van der Waals surface area (Å²) in [6.07, 6.45) is -0.462. The van der Waals surface area contributed by atoms with Crippen LogP contribution < -0.4 is 5.32 Å². The molecular weight excluding hydrogens is 390 g/mol. The van der Waals surface area contributed by atoms with Crippen molar-refractivity contribution < 1.29 is 33.4 Å². The van der Waals surface area contributed by atoms with Crippen LogP contribution in [0.25, 0.3) is 11.1 Å². The summed E-state index contributed by atoms with van der Waals surface area (Å²) in [5, 5.41) is 2.47. The van der Waals surface area contributed by atoms with E-state index < -0.39 is 42.2 Å². The van der Waals surface area contributed by atoms with Gasteiger partial charge in [0, 0.05) is 5.56 Å². The van der Waals surface area contributed by atoms with Crippen LogP contribution >= 0.6 is 0 Å². The molecule has 0 bridgehead atoms. The number of esters is 3. The first-order valence-corrected chi connectivity index (χ1v) is 9.10. The van der Waals surface area contributed by atoms with Crippen molar-refractivity contribution in [2.24, 2.45) is 5.92 Å². The average Bonchev–Trinajstić information content (AvgIpc) is 2.80. The highest BCUT2D eigenvalue weighted by molar-refractivity contribution is 5.98. The van der Waals surface area contributed by atoms with Crippen LogP contribution in [-0.2, 0) is 28.6 Å². The molecule has 2 rings (SSSR count). The molecule has 30 heavy (non-hydrogen) atoms. The summed E-state index contributed by atoms with van der Waals surface area (Å²) < 4.78 is 14.0. The van der Waals surface area contributed by atoms with Crippen molar-refractivity contribution in [2.75, 3.05) is 21.3 Å². The van der Waals surface area contributed by atoms with Gasteiger partial charge in [0.05, 0.1) is 33.7 Å². The maximum Gasteiger partial charge on any atom is 0.329 e. The Labute approximate surface area is 174 Å². The molecule has 2 aromatic carbocycles. The Morgan fingerprint density at radius 1 is 0.767 bits per heavy atom. The first kappa shape index (κ1) is 22.6. The van der Waals surface area contributed by atoms with E-state index in [4.69, 9.17) is 4.74 Å². The van der Waals surface area contributed by atoms with Crippen LogP contribution in [0.3, 0.4) is 0 Å². The number of hydrogen-bond acceptors (Lipinski definition) is 7. The van der Waals surface area contributed by atoms with Gasteiger partial charge in [0.1, 0.15) is 6.04 Å². The van der Waals surface area contributed by atoms with E-state index in [1.807, 2.05) is 30.3 Å². The van der Waals surface area contributed by atoms with Gasteiger partial charge in [-0.3, -0.25) is 14.4 Å². The minimum atomic E-state index is -1.43. The van der Waals surface area contributed by atoms with Crippen molar-refractivity contribution in [3.63, 3.8) is 0 Å². The predicted octanol–water partition coefficient (Wildman–Crippen LogP) is 1.98. The van der Waals surface area contributed by atoms with E-state index in [9.17, 15) is 19.2 Å². The lowest BCUT2D eigenvalue weighted by Crippen LogP contribution is -2.50. The summed E-state index contributed by atoms with van der Waals surface area (Å²) in [6, 6.07) is 14.9. The number of amides is 1. The number of benzene rings is 2. The lowest BCUT2D eigenvalue weighted by Gasteiger charge is -2.23. The van der Waals surface area contributed by atoms with Crippen LogP contribution in [0.15, 0.2) is 54.6 Å². The van der Waals surface area contributed by atoms with Crippen molar-refractivity contribution in [2.45, 2.75) is 12.5 Å². The number of rotatable bonds is 8. The molecule has 158 valence electrons. The molecule has 1 N–H and O–H groups in total. The Morgan fingerprint density at radius 2 is 1.33 bits per heavy atom. The van der Waals surface area contributed by atoms with Gasteiger partial charge < -0.3 is 19.5 Å². The van der Waals surface area contributed by atoms with Crippen molar-refractivity contribution in [3.8, 4) is 11.1 Å². The highest BCUT2D eigenvalue weighted by Gasteiger charge is 2.38. The summed E-state index contributed by atoms with van der Waals surface area (Å²) in [4.78, 5) is 48.8. The molecule has 0 aromatic heterocycles. The topological polar surface area (TPSA) is 108 Å². The molecule has 0 saturated carbocycles. The van der Waals surface area contributed by atoms with E-state index in [-0.39, 0.29) is 5.56 Å². The minimum absolute atomic E-state index is 0.269. The Morgan fingerprint density at radius 3 is 1.87 bits per heavy atom. The normalized spacial score (nSPS) is 12.2. The van der Waals surface area contributed by atoms with Crippen LogP contribution in [0, 0.1) is 5.92 Å². The Kier molecular flexibility index (Phi) is 8.10. The fraction of sp³-hybridized carbons (Fsp3) is 0.273. The predicted molar refractivity (Wildman–Crippen MR) is 107 cm³/mol. The molecule has 1 amide bonds. The number of methoxy groups -OCH3 is 3. The van der Waals surface area contributed by atoms with Gasteiger partial charge in [0.2, 0.25) is 0 Å². The summed E-state index contributed by atoms with van der Waals surface area (Å²) in [7, 11) is 3.38. The van der Waals surface area contributed by atoms with E-state index in [1.54, 1.807) is 24.3 Å². The number of carbonyl (C=O) groups excluding carboxylic acids is 4. The molecule has 0 fully saturated rings. The molecule has 8 nitrogen and oxygen atoms in total. The SMILES string of the molecule is COC(=O)C[C@@H](C(=O)OC)[C@H](NC(=O)c1ccc(-c2ccccc2)cc1)C(=O)OC. The van der Waals surface area contributed by atoms with Crippen molar-refractivity contribution in [1.82, 2.24) is 5.32 Å².